The first-order valence-corrected chi connectivity index (χ1v) is 8.65. The fourth-order valence-electron chi connectivity index (χ4n) is 2.28. The van der Waals surface area contributed by atoms with E-state index in [1.807, 2.05) is 35.7 Å². The van der Waals surface area contributed by atoms with E-state index in [2.05, 4.69) is 15.6 Å². The molecule has 2 N–H and O–H groups in total. The average Bonchev–Trinajstić information content (AvgIpc) is 3.10. The Morgan fingerprint density at radius 3 is 2.64 bits per heavy atom. The van der Waals surface area contributed by atoms with Crippen LogP contribution in [0.5, 0.6) is 0 Å². The van der Waals surface area contributed by atoms with Gasteiger partial charge in [-0.3, -0.25) is 4.79 Å². The van der Waals surface area contributed by atoms with E-state index in [0.717, 1.165) is 16.3 Å². The van der Waals surface area contributed by atoms with Gasteiger partial charge in [0.2, 0.25) is 0 Å². The van der Waals surface area contributed by atoms with Crippen LogP contribution in [-0.4, -0.2) is 16.8 Å². The summed E-state index contributed by atoms with van der Waals surface area (Å²) < 4.78 is 0. The Bertz CT molecular complexity index is 890. The molecule has 0 radical (unpaired) electrons. The predicted molar refractivity (Wildman–Crippen MR) is 99.9 cm³/mol. The van der Waals surface area contributed by atoms with Crippen LogP contribution in [0, 0.1) is 0 Å². The van der Waals surface area contributed by atoms with Crippen LogP contribution in [0.1, 0.15) is 22.3 Å². The molecule has 126 valence electrons. The van der Waals surface area contributed by atoms with Gasteiger partial charge in [-0.1, -0.05) is 42.5 Å². The van der Waals surface area contributed by atoms with Gasteiger partial charge in [0, 0.05) is 22.2 Å². The second kappa shape index (κ2) is 7.72. The van der Waals surface area contributed by atoms with E-state index in [1.54, 1.807) is 24.3 Å². The number of carbonyl (C=O) groups is 2. The number of anilines is 1. The molecule has 3 rings (SSSR count). The number of nitrogens with zero attached hydrogens (tertiary/aromatic N) is 1. The zero-order valence-electron chi connectivity index (χ0n) is 13.7. The first-order chi connectivity index (χ1) is 12.1. The minimum absolute atomic E-state index is 0.0414. The number of benzene rings is 2. The summed E-state index contributed by atoms with van der Waals surface area (Å²) in [5, 5.41) is 8.29. The van der Waals surface area contributed by atoms with Crippen LogP contribution in [0.4, 0.5) is 10.5 Å². The highest BCUT2D eigenvalue weighted by Gasteiger charge is 2.07. The molecule has 5 nitrogen and oxygen atoms in total. The lowest BCUT2D eigenvalue weighted by Gasteiger charge is -2.07. The van der Waals surface area contributed by atoms with Gasteiger partial charge in [-0.05, 0) is 19.1 Å². The first kappa shape index (κ1) is 16.9. The minimum atomic E-state index is -0.336. The summed E-state index contributed by atoms with van der Waals surface area (Å²) in [6.45, 7) is 1.84. The molecule has 0 unspecified atom stereocenters. The van der Waals surface area contributed by atoms with E-state index in [0.29, 0.717) is 17.8 Å². The molecule has 2 aromatic carbocycles. The number of Topliss-reactive ketones (excluding diaryl/α,β-unsaturated/α-hetero) is 1. The Balaban J connectivity index is 1.57. The number of rotatable bonds is 5. The van der Waals surface area contributed by atoms with Gasteiger partial charge in [0.1, 0.15) is 5.01 Å². The number of hydrogen-bond donors (Lipinski definition) is 2. The second-order valence-corrected chi connectivity index (χ2v) is 6.38. The Morgan fingerprint density at radius 1 is 1.08 bits per heavy atom. The minimum Gasteiger partial charge on any atom is -0.331 e. The molecule has 0 aliphatic heterocycles. The lowest BCUT2D eigenvalue weighted by atomic mass is 10.1. The largest absolute Gasteiger partial charge is 0.331 e. The van der Waals surface area contributed by atoms with Crippen LogP contribution in [0.15, 0.2) is 60.0 Å². The van der Waals surface area contributed by atoms with Gasteiger partial charge >= 0.3 is 6.03 Å². The van der Waals surface area contributed by atoms with E-state index >= 15 is 0 Å². The summed E-state index contributed by atoms with van der Waals surface area (Å²) in [6, 6.07) is 16.4. The van der Waals surface area contributed by atoms with Crippen molar-refractivity contribution in [2.45, 2.75) is 13.5 Å². The summed E-state index contributed by atoms with van der Waals surface area (Å²) in [6.07, 6.45) is 0. The third-order valence-corrected chi connectivity index (χ3v) is 4.40. The molecule has 1 heterocycles. The molecule has 0 fully saturated rings. The quantitative estimate of drug-likeness (QED) is 0.672. The number of carbonyl (C=O) groups excluding carboxylic acids is 2. The van der Waals surface area contributed by atoms with E-state index in [1.165, 1.54) is 18.3 Å². The Hall–Kier alpha value is -2.99. The van der Waals surface area contributed by atoms with Crippen molar-refractivity contribution in [3.63, 3.8) is 0 Å². The van der Waals surface area contributed by atoms with Gasteiger partial charge in [0.05, 0.1) is 12.2 Å². The molecule has 0 spiro atoms. The van der Waals surface area contributed by atoms with Crippen LogP contribution in [0.2, 0.25) is 0 Å². The van der Waals surface area contributed by atoms with Crippen molar-refractivity contribution in [1.29, 1.82) is 0 Å². The van der Waals surface area contributed by atoms with Gasteiger partial charge < -0.3 is 10.6 Å². The van der Waals surface area contributed by atoms with Crippen molar-refractivity contribution in [3.8, 4) is 11.3 Å². The average molecular weight is 351 g/mol. The third-order valence-electron chi connectivity index (χ3n) is 3.55. The predicted octanol–water partition coefficient (Wildman–Crippen LogP) is 4.33. The second-order valence-electron chi connectivity index (χ2n) is 5.44. The van der Waals surface area contributed by atoms with E-state index in [9.17, 15) is 9.59 Å². The van der Waals surface area contributed by atoms with Gasteiger partial charge in [0.15, 0.2) is 5.78 Å². The molecule has 0 aliphatic carbocycles. The van der Waals surface area contributed by atoms with E-state index < -0.39 is 0 Å². The summed E-state index contributed by atoms with van der Waals surface area (Å²) >= 11 is 1.50. The molecule has 0 saturated carbocycles. The summed E-state index contributed by atoms with van der Waals surface area (Å²) in [5.74, 6) is -0.0414. The smallest absolute Gasteiger partial charge is 0.319 e. The Kier molecular flexibility index (Phi) is 5.20. The van der Waals surface area contributed by atoms with Crippen molar-refractivity contribution in [2.24, 2.45) is 0 Å². The molecule has 0 bridgehead atoms. The summed E-state index contributed by atoms with van der Waals surface area (Å²) in [4.78, 5) is 27.9. The molecule has 3 aromatic rings. The summed E-state index contributed by atoms with van der Waals surface area (Å²) in [7, 11) is 0. The molecule has 0 atom stereocenters. The maximum atomic E-state index is 12.0. The SMILES string of the molecule is CC(=O)c1cccc(NC(=O)NCc2nc(-c3ccccc3)cs2)c1. The van der Waals surface area contributed by atoms with Crippen molar-refractivity contribution >= 4 is 28.8 Å². The van der Waals surface area contributed by atoms with E-state index in [-0.39, 0.29) is 11.8 Å². The Labute approximate surface area is 149 Å². The first-order valence-electron chi connectivity index (χ1n) is 7.77. The molecule has 2 amide bonds. The number of aromatic nitrogens is 1. The molecule has 1 aromatic heterocycles. The molecular formula is C19H17N3O2S. The highest BCUT2D eigenvalue weighted by molar-refractivity contribution is 7.09. The van der Waals surface area contributed by atoms with Gasteiger partial charge in [-0.2, -0.15) is 0 Å². The number of thiazole rings is 1. The van der Waals surface area contributed by atoms with Gasteiger partial charge in [-0.15, -0.1) is 11.3 Å². The highest BCUT2D eigenvalue weighted by atomic mass is 32.1. The van der Waals surface area contributed by atoms with Gasteiger partial charge in [0.25, 0.3) is 0 Å². The third kappa shape index (κ3) is 4.51. The van der Waals surface area contributed by atoms with E-state index in [4.69, 9.17) is 0 Å². The van der Waals surface area contributed by atoms with Crippen LogP contribution in [-0.2, 0) is 6.54 Å². The van der Waals surface area contributed by atoms with Crippen molar-refractivity contribution in [2.75, 3.05) is 5.32 Å². The van der Waals surface area contributed by atoms with Crippen LogP contribution in [0.25, 0.3) is 11.3 Å². The molecule has 25 heavy (non-hydrogen) atoms. The maximum Gasteiger partial charge on any atom is 0.319 e. The van der Waals surface area contributed by atoms with Crippen LogP contribution < -0.4 is 10.6 Å². The standard InChI is InChI=1S/C19H17N3O2S/c1-13(23)15-8-5-9-16(10-15)21-19(24)20-11-18-22-17(12-25-18)14-6-3-2-4-7-14/h2-10,12H,11H2,1H3,(H2,20,21,24). The topological polar surface area (TPSA) is 71.1 Å². The monoisotopic (exact) mass is 351 g/mol. The van der Waals surface area contributed by atoms with Crippen molar-refractivity contribution in [1.82, 2.24) is 10.3 Å². The molecular weight excluding hydrogens is 334 g/mol. The maximum absolute atomic E-state index is 12.0. The number of hydrogen-bond acceptors (Lipinski definition) is 4. The van der Waals surface area contributed by atoms with Gasteiger partial charge in [-0.25, -0.2) is 9.78 Å². The lowest BCUT2D eigenvalue weighted by Crippen LogP contribution is -2.28. The molecule has 6 heteroatoms. The van der Waals surface area contributed by atoms with Crippen LogP contribution >= 0.6 is 11.3 Å². The van der Waals surface area contributed by atoms with Crippen molar-refractivity contribution < 1.29 is 9.59 Å². The number of ketones is 1. The van der Waals surface area contributed by atoms with Crippen molar-refractivity contribution in [3.05, 3.63) is 70.5 Å². The fourth-order valence-corrected chi connectivity index (χ4v) is 3.02. The highest BCUT2D eigenvalue weighted by Crippen LogP contribution is 2.21. The zero-order valence-corrected chi connectivity index (χ0v) is 14.5. The Morgan fingerprint density at radius 2 is 1.88 bits per heavy atom. The number of amides is 2. The fraction of sp³-hybridized carbons (Fsp3) is 0.105. The molecule has 0 saturated heterocycles. The number of nitrogens with one attached hydrogen (secondary N) is 2. The summed E-state index contributed by atoms with van der Waals surface area (Å²) in [5.41, 5.74) is 3.09. The molecule has 0 aliphatic rings. The number of urea groups is 1. The zero-order chi connectivity index (χ0) is 17.6. The van der Waals surface area contributed by atoms with Crippen LogP contribution in [0.3, 0.4) is 0 Å². The normalized spacial score (nSPS) is 10.3. The lowest BCUT2D eigenvalue weighted by molar-refractivity contribution is 0.101.